The molecule has 0 bridgehead atoms. The third-order valence-electron chi connectivity index (χ3n) is 3.64. The first-order valence-electron chi connectivity index (χ1n) is 6.70. The molecule has 0 aliphatic heterocycles. The molecule has 6 nitrogen and oxygen atoms in total. The zero-order valence-corrected chi connectivity index (χ0v) is 13.1. The summed E-state index contributed by atoms with van der Waals surface area (Å²) in [6.07, 6.45) is 2.46. The lowest BCUT2D eigenvalue weighted by molar-refractivity contribution is -0.149. The average Bonchev–Trinajstić information content (AvgIpc) is 2.37. The molecular formula is C12H26N2O4S. The zero-order chi connectivity index (χ0) is 15.1. The van der Waals surface area contributed by atoms with Crippen molar-refractivity contribution in [3.63, 3.8) is 0 Å². The van der Waals surface area contributed by atoms with Crippen molar-refractivity contribution in [1.82, 2.24) is 9.03 Å². The Bertz CT molecular complexity index is 377. The third-order valence-corrected chi connectivity index (χ3v) is 5.15. The largest absolute Gasteiger partial charge is 0.481 e. The van der Waals surface area contributed by atoms with Crippen LogP contribution in [0.5, 0.6) is 0 Å². The zero-order valence-electron chi connectivity index (χ0n) is 12.3. The molecular weight excluding hydrogens is 268 g/mol. The van der Waals surface area contributed by atoms with Crippen molar-refractivity contribution >= 4 is 16.2 Å². The molecule has 0 aromatic carbocycles. The highest BCUT2D eigenvalue weighted by Crippen LogP contribution is 2.26. The van der Waals surface area contributed by atoms with Crippen LogP contribution in [0.25, 0.3) is 0 Å². The van der Waals surface area contributed by atoms with Gasteiger partial charge in [0, 0.05) is 20.1 Å². The molecule has 0 atom stereocenters. The van der Waals surface area contributed by atoms with Crippen LogP contribution >= 0.6 is 0 Å². The van der Waals surface area contributed by atoms with Crippen LogP contribution in [0.1, 0.15) is 46.5 Å². The van der Waals surface area contributed by atoms with Crippen LogP contribution in [0.2, 0.25) is 0 Å². The van der Waals surface area contributed by atoms with Crippen molar-refractivity contribution in [2.24, 2.45) is 5.41 Å². The van der Waals surface area contributed by atoms with Gasteiger partial charge >= 0.3 is 5.97 Å². The summed E-state index contributed by atoms with van der Waals surface area (Å²) in [5.41, 5.74) is -1.03. The summed E-state index contributed by atoms with van der Waals surface area (Å²) in [6, 6.07) is 0. The number of unbranched alkanes of at least 4 members (excludes halogenated alkanes) is 1. The maximum Gasteiger partial charge on any atom is 0.310 e. The Balaban J connectivity index is 4.72. The van der Waals surface area contributed by atoms with Crippen molar-refractivity contribution < 1.29 is 18.3 Å². The Morgan fingerprint density at radius 3 is 2.16 bits per heavy atom. The fraction of sp³-hybridized carbons (Fsp3) is 0.917. The molecule has 0 aromatic rings. The van der Waals surface area contributed by atoms with Crippen molar-refractivity contribution in [2.75, 3.05) is 20.1 Å². The molecule has 114 valence electrons. The van der Waals surface area contributed by atoms with Crippen LogP contribution in [0, 0.1) is 5.41 Å². The number of rotatable bonds is 10. The SMILES string of the molecule is CCCCN(C)S(=O)(=O)NCC(CC)(CC)C(=O)O. The summed E-state index contributed by atoms with van der Waals surface area (Å²) in [6.45, 7) is 5.86. The second-order valence-corrected chi connectivity index (χ2v) is 6.66. The van der Waals surface area contributed by atoms with Crippen LogP contribution < -0.4 is 4.72 Å². The van der Waals surface area contributed by atoms with Gasteiger partial charge in [0.1, 0.15) is 0 Å². The number of carbonyl (C=O) groups is 1. The molecule has 0 spiro atoms. The number of hydrogen-bond donors (Lipinski definition) is 2. The van der Waals surface area contributed by atoms with E-state index in [2.05, 4.69) is 4.72 Å². The second-order valence-electron chi connectivity index (χ2n) is 4.79. The van der Waals surface area contributed by atoms with E-state index in [1.807, 2.05) is 6.92 Å². The topological polar surface area (TPSA) is 86.7 Å². The van der Waals surface area contributed by atoms with E-state index in [1.54, 1.807) is 13.8 Å². The van der Waals surface area contributed by atoms with E-state index < -0.39 is 21.6 Å². The van der Waals surface area contributed by atoms with E-state index in [1.165, 1.54) is 11.4 Å². The molecule has 19 heavy (non-hydrogen) atoms. The molecule has 0 amide bonds. The summed E-state index contributed by atoms with van der Waals surface area (Å²) in [7, 11) is -2.10. The van der Waals surface area contributed by atoms with Crippen LogP contribution in [0.15, 0.2) is 0 Å². The van der Waals surface area contributed by atoms with E-state index in [0.717, 1.165) is 12.8 Å². The van der Waals surface area contributed by atoms with E-state index in [0.29, 0.717) is 19.4 Å². The Kier molecular flexibility index (Phi) is 7.54. The summed E-state index contributed by atoms with van der Waals surface area (Å²) >= 11 is 0. The number of carboxylic acids is 1. The molecule has 0 unspecified atom stereocenters. The second kappa shape index (κ2) is 7.81. The lowest BCUT2D eigenvalue weighted by atomic mass is 9.83. The highest BCUT2D eigenvalue weighted by atomic mass is 32.2. The molecule has 7 heteroatoms. The number of carboxylic acid groups (broad SMARTS) is 1. The van der Waals surface area contributed by atoms with Gasteiger partial charge < -0.3 is 5.11 Å². The molecule has 0 aromatic heterocycles. The minimum atomic E-state index is -3.60. The van der Waals surface area contributed by atoms with E-state index in [4.69, 9.17) is 0 Å². The van der Waals surface area contributed by atoms with Crippen LogP contribution in [0.3, 0.4) is 0 Å². The van der Waals surface area contributed by atoms with Crippen LogP contribution in [-0.2, 0) is 15.0 Å². The van der Waals surface area contributed by atoms with Crippen molar-refractivity contribution in [3.05, 3.63) is 0 Å². The lowest BCUT2D eigenvalue weighted by Gasteiger charge is -2.28. The van der Waals surface area contributed by atoms with Gasteiger partial charge in [-0.1, -0.05) is 27.2 Å². The first kappa shape index (κ1) is 18.3. The predicted molar refractivity (Wildman–Crippen MR) is 75.1 cm³/mol. The molecule has 0 rings (SSSR count). The predicted octanol–water partition coefficient (Wildman–Crippen LogP) is 1.44. The molecule has 0 heterocycles. The Hall–Kier alpha value is -0.660. The van der Waals surface area contributed by atoms with Gasteiger partial charge in [-0.2, -0.15) is 12.7 Å². The van der Waals surface area contributed by atoms with Crippen molar-refractivity contribution in [2.45, 2.75) is 46.5 Å². The van der Waals surface area contributed by atoms with Crippen molar-refractivity contribution in [1.29, 1.82) is 0 Å². The van der Waals surface area contributed by atoms with Gasteiger partial charge in [0.2, 0.25) is 0 Å². The van der Waals surface area contributed by atoms with Gasteiger partial charge in [-0.15, -0.1) is 0 Å². The average molecular weight is 294 g/mol. The summed E-state index contributed by atoms with van der Waals surface area (Å²) in [4.78, 5) is 11.3. The van der Waals surface area contributed by atoms with Gasteiger partial charge in [-0.25, -0.2) is 4.72 Å². The smallest absolute Gasteiger partial charge is 0.310 e. The number of aliphatic carboxylic acids is 1. The maximum atomic E-state index is 12.0. The lowest BCUT2D eigenvalue weighted by Crippen LogP contribution is -2.46. The summed E-state index contributed by atoms with van der Waals surface area (Å²) in [5, 5.41) is 9.25. The molecule has 0 radical (unpaired) electrons. The number of nitrogens with one attached hydrogen (secondary N) is 1. The highest BCUT2D eigenvalue weighted by molar-refractivity contribution is 7.87. The molecule has 0 fully saturated rings. The van der Waals surface area contributed by atoms with Gasteiger partial charge in [0.05, 0.1) is 5.41 Å². The number of hydrogen-bond acceptors (Lipinski definition) is 3. The molecule has 0 saturated heterocycles. The van der Waals surface area contributed by atoms with Gasteiger partial charge in [0.25, 0.3) is 10.2 Å². The van der Waals surface area contributed by atoms with Crippen LogP contribution in [0.4, 0.5) is 0 Å². The molecule has 0 saturated carbocycles. The van der Waals surface area contributed by atoms with Gasteiger partial charge in [-0.05, 0) is 19.3 Å². The normalized spacial score (nSPS) is 12.9. The standard InChI is InChI=1S/C12H26N2O4S/c1-5-8-9-14(4)19(17,18)13-10-12(6-2,7-3)11(15)16/h13H,5-10H2,1-4H3,(H,15,16). The highest BCUT2D eigenvalue weighted by Gasteiger charge is 2.36. The minimum absolute atomic E-state index is 0.0753. The van der Waals surface area contributed by atoms with Gasteiger partial charge in [-0.3, -0.25) is 4.79 Å². The Labute approximate surface area is 116 Å². The minimum Gasteiger partial charge on any atom is -0.481 e. The Morgan fingerprint density at radius 2 is 1.79 bits per heavy atom. The fourth-order valence-electron chi connectivity index (χ4n) is 1.72. The summed E-state index contributed by atoms with van der Waals surface area (Å²) < 4.78 is 27.6. The summed E-state index contributed by atoms with van der Waals surface area (Å²) in [5.74, 6) is -0.962. The van der Waals surface area contributed by atoms with Crippen LogP contribution in [-0.4, -0.2) is 43.9 Å². The Morgan fingerprint density at radius 1 is 1.26 bits per heavy atom. The third kappa shape index (κ3) is 5.08. The quantitative estimate of drug-likeness (QED) is 0.638. The molecule has 0 aliphatic rings. The fourth-order valence-corrected chi connectivity index (χ4v) is 2.77. The van der Waals surface area contributed by atoms with E-state index in [-0.39, 0.29) is 6.54 Å². The van der Waals surface area contributed by atoms with Crippen molar-refractivity contribution in [3.8, 4) is 0 Å². The first-order chi connectivity index (χ1) is 8.75. The molecule has 0 aliphatic carbocycles. The maximum absolute atomic E-state index is 12.0. The van der Waals surface area contributed by atoms with E-state index >= 15 is 0 Å². The number of nitrogens with zero attached hydrogens (tertiary/aromatic N) is 1. The van der Waals surface area contributed by atoms with Gasteiger partial charge in [0.15, 0.2) is 0 Å². The van der Waals surface area contributed by atoms with E-state index in [9.17, 15) is 18.3 Å². The molecule has 2 N–H and O–H groups in total. The first-order valence-corrected chi connectivity index (χ1v) is 8.14. The monoisotopic (exact) mass is 294 g/mol.